The van der Waals surface area contributed by atoms with Crippen LogP contribution in [-0.2, 0) is 6.54 Å². The summed E-state index contributed by atoms with van der Waals surface area (Å²) in [5.74, 6) is 0.766. The minimum atomic E-state index is 0.439. The van der Waals surface area contributed by atoms with E-state index >= 15 is 0 Å². The topological polar surface area (TPSA) is 34.0 Å². The van der Waals surface area contributed by atoms with Crippen LogP contribution in [0.3, 0.4) is 0 Å². The summed E-state index contributed by atoms with van der Waals surface area (Å²) in [6, 6.07) is 7.40. The van der Waals surface area contributed by atoms with Crippen molar-refractivity contribution in [3.8, 4) is 0 Å². The molecular weight excluding hydrogens is 260 g/mol. The highest BCUT2D eigenvalue weighted by Gasteiger charge is 2.36. The fourth-order valence-electron chi connectivity index (χ4n) is 3.28. The van der Waals surface area contributed by atoms with E-state index in [9.17, 15) is 0 Å². The van der Waals surface area contributed by atoms with Crippen molar-refractivity contribution in [3.63, 3.8) is 0 Å². The number of nitrogens with zero attached hydrogens (tertiary/aromatic N) is 4. The SMILES string of the molecule is CN(Cc1cncn1C1CC1)[C@@H](c1ccccn1)C1CC1. The molecule has 0 spiro atoms. The zero-order valence-corrected chi connectivity index (χ0v) is 12.5. The van der Waals surface area contributed by atoms with Gasteiger partial charge in [-0.3, -0.25) is 9.88 Å². The molecule has 4 nitrogen and oxygen atoms in total. The van der Waals surface area contributed by atoms with Gasteiger partial charge in [0.05, 0.1) is 23.8 Å². The van der Waals surface area contributed by atoms with Crippen LogP contribution in [0.4, 0.5) is 0 Å². The highest BCUT2D eigenvalue weighted by Crippen LogP contribution is 2.44. The van der Waals surface area contributed by atoms with Gasteiger partial charge in [0, 0.05) is 25.0 Å². The Morgan fingerprint density at radius 3 is 2.81 bits per heavy atom. The second kappa shape index (κ2) is 5.26. The van der Waals surface area contributed by atoms with E-state index in [1.807, 2.05) is 24.8 Å². The predicted molar refractivity (Wildman–Crippen MR) is 81.7 cm³/mol. The van der Waals surface area contributed by atoms with Crippen LogP contribution in [0.5, 0.6) is 0 Å². The molecule has 0 N–H and O–H groups in total. The zero-order chi connectivity index (χ0) is 14.2. The van der Waals surface area contributed by atoms with Crippen LogP contribution in [0.1, 0.15) is 49.2 Å². The molecule has 2 aliphatic carbocycles. The van der Waals surface area contributed by atoms with Gasteiger partial charge in [0.25, 0.3) is 0 Å². The molecule has 4 heteroatoms. The largest absolute Gasteiger partial charge is 0.330 e. The smallest absolute Gasteiger partial charge is 0.0951 e. The van der Waals surface area contributed by atoms with E-state index in [0.29, 0.717) is 12.1 Å². The molecule has 0 unspecified atom stereocenters. The summed E-state index contributed by atoms with van der Waals surface area (Å²) >= 11 is 0. The molecule has 21 heavy (non-hydrogen) atoms. The second-order valence-electron chi connectivity index (χ2n) is 6.48. The van der Waals surface area contributed by atoms with Crippen LogP contribution in [0.2, 0.25) is 0 Å². The van der Waals surface area contributed by atoms with E-state index < -0.39 is 0 Å². The highest BCUT2D eigenvalue weighted by molar-refractivity contribution is 5.13. The number of imidazole rings is 1. The number of rotatable bonds is 6. The Balaban J connectivity index is 1.54. The Morgan fingerprint density at radius 2 is 2.14 bits per heavy atom. The van der Waals surface area contributed by atoms with Crippen LogP contribution >= 0.6 is 0 Å². The standard InChI is InChI=1S/C17H22N4/c1-20(11-15-10-18-12-21(15)14-7-8-14)17(13-5-6-13)16-4-2-3-9-19-16/h2-4,9-10,12-14,17H,5-8,11H2,1H3/t17-/m1/s1. The summed E-state index contributed by atoms with van der Waals surface area (Å²) in [6.07, 6.45) is 11.2. The molecule has 110 valence electrons. The molecule has 2 heterocycles. The number of pyridine rings is 1. The van der Waals surface area contributed by atoms with Crippen molar-refractivity contribution in [2.45, 2.75) is 44.3 Å². The van der Waals surface area contributed by atoms with Gasteiger partial charge in [-0.1, -0.05) is 6.07 Å². The third-order valence-corrected chi connectivity index (χ3v) is 4.63. The summed E-state index contributed by atoms with van der Waals surface area (Å²) in [5.41, 5.74) is 2.54. The third-order valence-electron chi connectivity index (χ3n) is 4.63. The molecular formula is C17H22N4. The van der Waals surface area contributed by atoms with Crippen LogP contribution < -0.4 is 0 Å². The highest BCUT2D eigenvalue weighted by atomic mass is 15.2. The van der Waals surface area contributed by atoms with Gasteiger partial charge in [-0.05, 0) is 50.8 Å². The van der Waals surface area contributed by atoms with Crippen molar-refractivity contribution in [1.82, 2.24) is 19.4 Å². The van der Waals surface area contributed by atoms with Gasteiger partial charge in [0.15, 0.2) is 0 Å². The van der Waals surface area contributed by atoms with Crippen molar-refractivity contribution in [1.29, 1.82) is 0 Å². The fourth-order valence-corrected chi connectivity index (χ4v) is 3.28. The Hall–Kier alpha value is -1.68. The van der Waals surface area contributed by atoms with E-state index in [-0.39, 0.29) is 0 Å². The molecule has 0 radical (unpaired) electrons. The maximum Gasteiger partial charge on any atom is 0.0951 e. The van der Waals surface area contributed by atoms with Crippen LogP contribution in [0, 0.1) is 5.92 Å². The first-order valence-corrected chi connectivity index (χ1v) is 7.95. The number of hydrogen-bond donors (Lipinski definition) is 0. The van der Waals surface area contributed by atoms with E-state index in [1.165, 1.54) is 37.1 Å². The summed E-state index contributed by atoms with van der Waals surface area (Å²) < 4.78 is 2.36. The van der Waals surface area contributed by atoms with Crippen molar-refractivity contribution in [2.24, 2.45) is 5.92 Å². The lowest BCUT2D eigenvalue weighted by Crippen LogP contribution is -2.27. The average molecular weight is 282 g/mol. The number of aromatic nitrogens is 3. The first-order chi connectivity index (χ1) is 10.3. The van der Waals surface area contributed by atoms with Gasteiger partial charge < -0.3 is 4.57 Å². The van der Waals surface area contributed by atoms with Gasteiger partial charge in [0.2, 0.25) is 0 Å². The Kier molecular flexibility index (Phi) is 3.26. The normalized spacial score (nSPS) is 19.9. The van der Waals surface area contributed by atoms with Crippen molar-refractivity contribution in [2.75, 3.05) is 7.05 Å². The van der Waals surface area contributed by atoms with Crippen LogP contribution in [-0.4, -0.2) is 26.5 Å². The van der Waals surface area contributed by atoms with E-state index in [4.69, 9.17) is 0 Å². The molecule has 2 aromatic rings. The Morgan fingerprint density at radius 1 is 1.29 bits per heavy atom. The molecule has 0 aliphatic heterocycles. The van der Waals surface area contributed by atoms with E-state index in [2.05, 4.69) is 38.6 Å². The van der Waals surface area contributed by atoms with Gasteiger partial charge in [-0.25, -0.2) is 4.98 Å². The van der Waals surface area contributed by atoms with Gasteiger partial charge in [-0.15, -0.1) is 0 Å². The monoisotopic (exact) mass is 282 g/mol. The molecule has 2 aromatic heterocycles. The lowest BCUT2D eigenvalue weighted by Gasteiger charge is -2.28. The maximum absolute atomic E-state index is 4.60. The molecule has 0 saturated heterocycles. The van der Waals surface area contributed by atoms with Gasteiger partial charge in [-0.2, -0.15) is 0 Å². The molecule has 2 saturated carbocycles. The second-order valence-corrected chi connectivity index (χ2v) is 6.48. The fraction of sp³-hybridized carbons (Fsp3) is 0.529. The van der Waals surface area contributed by atoms with Gasteiger partial charge >= 0.3 is 0 Å². The quantitative estimate of drug-likeness (QED) is 0.816. The van der Waals surface area contributed by atoms with Crippen LogP contribution in [0.25, 0.3) is 0 Å². The van der Waals surface area contributed by atoms with Crippen molar-refractivity contribution < 1.29 is 0 Å². The molecule has 2 fully saturated rings. The minimum Gasteiger partial charge on any atom is -0.330 e. The molecule has 0 amide bonds. The number of hydrogen-bond acceptors (Lipinski definition) is 3. The summed E-state index contributed by atoms with van der Waals surface area (Å²) in [5, 5.41) is 0. The first-order valence-electron chi connectivity index (χ1n) is 7.95. The lowest BCUT2D eigenvalue weighted by molar-refractivity contribution is 0.203. The Bertz CT molecular complexity index is 598. The minimum absolute atomic E-state index is 0.439. The molecule has 2 aliphatic rings. The van der Waals surface area contributed by atoms with Crippen LogP contribution in [0.15, 0.2) is 36.9 Å². The Labute approximate surface area is 125 Å². The predicted octanol–water partition coefficient (Wildman–Crippen LogP) is 3.20. The summed E-state index contributed by atoms with van der Waals surface area (Å²) in [7, 11) is 2.22. The summed E-state index contributed by atoms with van der Waals surface area (Å²) in [4.78, 5) is 11.4. The third kappa shape index (κ3) is 2.72. The molecule has 1 atom stereocenters. The van der Waals surface area contributed by atoms with E-state index in [1.54, 1.807) is 0 Å². The van der Waals surface area contributed by atoms with Crippen molar-refractivity contribution in [3.05, 3.63) is 48.3 Å². The zero-order valence-electron chi connectivity index (χ0n) is 12.5. The van der Waals surface area contributed by atoms with E-state index in [0.717, 1.165) is 12.5 Å². The maximum atomic E-state index is 4.60. The molecule has 4 rings (SSSR count). The average Bonchev–Trinajstić information content (AvgIpc) is 3.42. The first kappa shape index (κ1) is 13.0. The van der Waals surface area contributed by atoms with Gasteiger partial charge in [0.1, 0.15) is 0 Å². The molecule has 0 aromatic carbocycles. The lowest BCUT2D eigenvalue weighted by atomic mass is 10.1. The summed E-state index contributed by atoms with van der Waals surface area (Å²) in [6.45, 7) is 0.953. The van der Waals surface area contributed by atoms with Crippen molar-refractivity contribution >= 4 is 0 Å². The molecule has 0 bridgehead atoms.